The number of pyridine rings is 1. The van der Waals surface area contributed by atoms with E-state index in [1.54, 1.807) is 18.6 Å². The van der Waals surface area contributed by atoms with Crippen molar-refractivity contribution in [2.75, 3.05) is 18.0 Å². The fourth-order valence-electron chi connectivity index (χ4n) is 3.43. The van der Waals surface area contributed by atoms with Crippen molar-refractivity contribution in [3.63, 3.8) is 0 Å². The van der Waals surface area contributed by atoms with Crippen molar-refractivity contribution in [1.82, 2.24) is 25.5 Å². The molecule has 0 aliphatic carbocycles. The molecule has 0 bridgehead atoms. The van der Waals surface area contributed by atoms with Gasteiger partial charge >= 0.3 is 6.18 Å². The monoisotopic (exact) mass is 378 g/mol. The maximum Gasteiger partial charge on any atom is 0.389 e. The van der Waals surface area contributed by atoms with Crippen LogP contribution in [0.2, 0.25) is 0 Å². The molecule has 27 heavy (non-hydrogen) atoms. The van der Waals surface area contributed by atoms with E-state index >= 15 is 0 Å². The number of amides is 1. The Morgan fingerprint density at radius 1 is 1.33 bits per heavy atom. The summed E-state index contributed by atoms with van der Waals surface area (Å²) in [6.45, 7) is 1.17. The predicted octanol–water partition coefficient (Wildman–Crippen LogP) is 2.54. The number of alkyl halides is 3. The van der Waals surface area contributed by atoms with Crippen LogP contribution in [0.3, 0.4) is 0 Å². The number of rotatable bonds is 4. The molecule has 1 aliphatic heterocycles. The van der Waals surface area contributed by atoms with Crippen molar-refractivity contribution in [3.8, 4) is 0 Å². The van der Waals surface area contributed by atoms with Crippen LogP contribution in [0.25, 0.3) is 21.9 Å². The Labute approximate surface area is 152 Å². The topological polar surface area (TPSA) is 86.8 Å². The number of aromatic nitrogens is 4. The van der Waals surface area contributed by atoms with E-state index in [1.807, 2.05) is 6.07 Å². The third-order valence-corrected chi connectivity index (χ3v) is 4.69. The summed E-state index contributed by atoms with van der Waals surface area (Å²) < 4.78 is 36.8. The Morgan fingerprint density at radius 3 is 3.00 bits per heavy atom. The lowest BCUT2D eigenvalue weighted by Crippen LogP contribution is -2.37. The van der Waals surface area contributed by atoms with Crippen LogP contribution in [0.15, 0.2) is 24.7 Å². The third kappa shape index (κ3) is 3.64. The third-order valence-electron chi connectivity index (χ3n) is 4.69. The predicted molar refractivity (Wildman–Crippen MR) is 93.2 cm³/mol. The average Bonchev–Trinajstić information content (AvgIpc) is 3.28. The number of halogens is 3. The number of carbonyl (C=O) groups is 1. The molecule has 1 aliphatic rings. The molecule has 1 unspecified atom stereocenters. The van der Waals surface area contributed by atoms with E-state index in [0.29, 0.717) is 30.7 Å². The van der Waals surface area contributed by atoms with Gasteiger partial charge in [0.25, 0.3) is 0 Å². The molecule has 4 rings (SSSR count). The Balaban J connectivity index is 1.51. The van der Waals surface area contributed by atoms with Crippen LogP contribution in [-0.2, 0) is 4.79 Å². The van der Waals surface area contributed by atoms with Crippen molar-refractivity contribution in [2.45, 2.75) is 31.5 Å². The molecule has 1 saturated heterocycles. The van der Waals surface area contributed by atoms with Gasteiger partial charge in [-0.3, -0.25) is 9.78 Å². The Morgan fingerprint density at radius 2 is 2.19 bits per heavy atom. The number of hydrogen-bond donors (Lipinski definition) is 2. The number of H-pyrrole nitrogens is 1. The number of nitrogens with one attached hydrogen (secondary N) is 2. The van der Waals surface area contributed by atoms with Gasteiger partial charge in [-0.2, -0.15) is 13.2 Å². The molecular weight excluding hydrogens is 361 g/mol. The van der Waals surface area contributed by atoms with Gasteiger partial charge in [0.2, 0.25) is 5.91 Å². The molecule has 0 saturated carbocycles. The zero-order valence-corrected chi connectivity index (χ0v) is 14.3. The molecule has 0 spiro atoms. The lowest BCUT2D eigenvalue weighted by Gasteiger charge is -2.20. The fraction of sp³-hybridized carbons (Fsp3) is 0.412. The van der Waals surface area contributed by atoms with Crippen LogP contribution >= 0.6 is 0 Å². The maximum absolute atomic E-state index is 12.3. The van der Waals surface area contributed by atoms with Crippen LogP contribution in [0.4, 0.5) is 18.9 Å². The van der Waals surface area contributed by atoms with E-state index in [4.69, 9.17) is 0 Å². The summed E-state index contributed by atoms with van der Waals surface area (Å²) in [4.78, 5) is 21.1. The van der Waals surface area contributed by atoms with E-state index in [0.717, 1.165) is 16.5 Å². The first kappa shape index (κ1) is 17.5. The standard InChI is InChI=1S/C17H17F3N6O/c18-17(19,20)4-1-14(27)23-10-3-6-26(9-10)13-8-21-7-12-15(13)11-2-5-22-16(11)25-24-12/h2,5,7-8,10H,1,3-4,6,9H2,(H,22,25)(H,23,27). The van der Waals surface area contributed by atoms with E-state index < -0.39 is 24.9 Å². The fourth-order valence-corrected chi connectivity index (χ4v) is 3.43. The first-order chi connectivity index (χ1) is 12.9. The first-order valence-corrected chi connectivity index (χ1v) is 8.59. The minimum Gasteiger partial charge on any atom is -0.368 e. The second-order valence-electron chi connectivity index (χ2n) is 6.61. The largest absolute Gasteiger partial charge is 0.389 e. The maximum atomic E-state index is 12.3. The second-order valence-corrected chi connectivity index (χ2v) is 6.61. The highest BCUT2D eigenvalue weighted by atomic mass is 19.4. The molecule has 0 aromatic carbocycles. The first-order valence-electron chi connectivity index (χ1n) is 8.59. The Hall–Kier alpha value is -2.91. The normalized spacial score (nSPS) is 17.7. The highest BCUT2D eigenvalue weighted by molar-refractivity contribution is 6.09. The van der Waals surface area contributed by atoms with Crippen molar-refractivity contribution >= 4 is 33.5 Å². The van der Waals surface area contributed by atoms with Crippen molar-refractivity contribution in [2.24, 2.45) is 0 Å². The summed E-state index contributed by atoms with van der Waals surface area (Å²) in [5.74, 6) is -0.575. The van der Waals surface area contributed by atoms with Crippen molar-refractivity contribution in [1.29, 1.82) is 0 Å². The molecule has 1 atom stereocenters. The minimum absolute atomic E-state index is 0.197. The molecule has 3 aromatic rings. The number of aromatic amines is 1. The van der Waals surface area contributed by atoms with Gasteiger partial charge in [-0.25, -0.2) is 0 Å². The van der Waals surface area contributed by atoms with Gasteiger partial charge in [0.15, 0.2) is 5.65 Å². The quantitative estimate of drug-likeness (QED) is 0.729. The summed E-state index contributed by atoms with van der Waals surface area (Å²) in [7, 11) is 0. The lowest BCUT2D eigenvalue weighted by atomic mass is 10.1. The molecule has 10 heteroatoms. The van der Waals surface area contributed by atoms with Gasteiger partial charge in [0, 0.05) is 42.5 Å². The smallest absolute Gasteiger partial charge is 0.368 e. The summed E-state index contributed by atoms with van der Waals surface area (Å²) >= 11 is 0. The van der Waals surface area contributed by atoms with Crippen molar-refractivity contribution < 1.29 is 18.0 Å². The number of carbonyl (C=O) groups excluding carboxylic acids is 1. The number of nitrogens with zero attached hydrogens (tertiary/aromatic N) is 4. The van der Waals surface area contributed by atoms with E-state index in [1.165, 1.54) is 0 Å². The Bertz CT molecular complexity index is 986. The van der Waals surface area contributed by atoms with E-state index in [2.05, 4.69) is 30.4 Å². The minimum atomic E-state index is -4.32. The summed E-state index contributed by atoms with van der Waals surface area (Å²) in [5.41, 5.74) is 2.21. The van der Waals surface area contributed by atoms with Crippen molar-refractivity contribution in [3.05, 3.63) is 24.7 Å². The zero-order chi connectivity index (χ0) is 19.0. The van der Waals surface area contributed by atoms with Crippen LogP contribution < -0.4 is 10.2 Å². The average molecular weight is 378 g/mol. The van der Waals surface area contributed by atoms with Crippen LogP contribution in [-0.4, -0.2) is 51.4 Å². The highest BCUT2D eigenvalue weighted by Gasteiger charge is 2.30. The van der Waals surface area contributed by atoms with Gasteiger partial charge in [-0.05, 0) is 12.5 Å². The van der Waals surface area contributed by atoms with Crippen LogP contribution in [0.1, 0.15) is 19.3 Å². The molecule has 4 heterocycles. The molecule has 0 radical (unpaired) electrons. The van der Waals surface area contributed by atoms with Gasteiger partial charge in [-0.1, -0.05) is 0 Å². The van der Waals surface area contributed by atoms with E-state index in [-0.39, 0.29) is 6.04 Å². The van der Waals surface area contributed by atoms with Gasteiger partial charge in [-0.15, -0.1) is 10.2 Å². The molecule has 142 valence electrons. The number of hydrogen-bond acceptors (Lipinski definition) is 5. The molecular formula is C17H17F3N6O. The molecule has 7 nitrogen and oxygen atoms in total. The SMILES string of the molecule is O=C(CCC(F)(F)F)NC1CCN(c2cncc3nnc4[nH]ccc4c23)C1. The van der Waals surface area contributed by atoms with E-state index in [9.17, 15) is 18.0 Å². The molecule has 1 amide bonds. The molecule has 1 fully saturated rings. The van der Waals surface area contributed by atoms with Crippen LogP contribution in [0, 0.1) is 0 Å². The summed E-state index contributed by atoms with van der Waals surface area (Å²) in [6, 6.07) is 1.72. The number of fused-ring (bicyclic) bond motifs is 3. The molecule has 2 N–H and O–H groups in total. The second kappa shape index (κ2) is 6.67. The van der Waals surface area contributed by atoms with Crippen LogP contribution in [0.5, 0.6) is 0 Å². The van der Waals surface area contributed by atoms with Gasteiger partial charge < -0.3 is 15.2 Å². The summed E-state index contributed by atoms with van der Waals surface area (Å²) in [6.07, 6.45) is -0.146. The summed E-state index contributed by atoms with van der Waals surface area (Å²) in [5, 5.41) is 12.8. The Kier molecular flexibility index (Phi) is 4.33. The lowest BCUT2D eigenvalue weighted by molar-refractivity contribution is -0.144. The zero-order valence-electron chi connectivity index (χ0n) is 14.3. The molecule has 3 aromatic heterocycles. The van der Waals surface area contributed by atoms with Gasteiger partial charge in [0.1, 0.15) is 5.52 Å². The van der Waals surface area contributed by atoms with Gasteiger partial charge in [0.05, 0.1) is 24.5 Å². The highest BCUT2D eigenvalue weighted by Crippen LogP contribution is 2.32. The number of anilines is 1.